The Morgan fingerprint density at radius 1 is 1.09 bits per heavy atom. The molecule has 1 N–H and O–H groups in total. The summed E-state index contributed by atoms with van der Waals surface area (Å²) in [5.74, 6) is -0.628. The first-order valence-corrected chi connectivity index (χ1v) is 7.51. The van der Waals surface area contributed by atoms with Gasteiger partial charge in [0.15, 0.2) is 0 Å². The number of hydrogen-bond acceptors (Lipinski definition) is 3. The van der Waals surface area contributed by atoms with Gasteiger partial charge in [-0.2, -0.15) is 0 Å². The van der Waals surface area contributed by atoms with E-state index in [4.69, 9.17) is 27.6 Å². The average molecular weight is 348 g/mol. The zero-order chi connectivity index (χ0) is 16.6. The molecule has 0 saturated heterocycles. The predicted octanol–water partition coefficient (Wildman–Crippen LogP) is 4.66. The van der Waals surface area contributed by atoms with Gasteiger partial charge in [-0.05, 0) is 37.3 Å². The SMILES string of the molecule is Cc1ccc2oc(=O)c(C(=O)Nc3c(Cl)cccc3Cl)cc2c1. The van der Waals surface area contributed by atoms with Crippen LogP contribution in [0.2, 0.25) is 10.0 Å². The van der Waals surface area contributed by atoms with Gasteiger partial charge in [0.2, 0.25) is 0 Å². The van der Waals surface area contributed by atoms with E-state index in [1.54, 1.807) is 24.3 Å². The van der Waals surface area contributed by atoms with Crippen LogP contribution in [0.15, 0.2) is 51.7 Å². The molecule has 3 rings (SSSR count). The van der Waals surface area contributed by atoms with Crippen molar-refractivity contribution in [2.75, 3.05) is 5.32 Å². The number of hydrogen-bond donors (Lipinski definition) is 1. The van der Waals surface area contributed by atoms with E-state index >= 15 is 0 Å². The molecule has 0 spiro atoms. The summed E-state index contributed by atoms with van der Waals surface area (Å²) in [6, 6.07) is 11.7. The fourth-order valence-corrected chi connectivity index (χ4v) is 2.69. The Morgan fingerprint density at radius 2 is 1.78 bits per heavy atom. The summed E-state index contributed by atoms with van der Waals surface area (Å²) < 4.78 is 5.18. The van der Waals surface area contributed by atoms with Crippen molar-refractivity contribution in [2.45, 2.75) is 6.92 Å². The van der Waals surface area contributed by atoms with Crippen LogP contribution in [0.25, 0.3) is 11.0 Å². The Hall–Kier alpha value is -2.30. The minimum Gasteiger partial charge on any atom is -0.422 e. The molecule has 2 aromatic carbocycles. The molecule has 0 saturated carbocycles. The van der Waals surface area contributed by atoms with Gasteiger partial charge in [-0.1, -0.05) is 40.9 Å². The molecule has 0 unspecified atom stereocenters. The Labute approximate surface area is 141 Å². The quantitative estimate of drug-likeness (QED) is 0.685. The largest absolute Gasteiger partial charge is 0.422 e. The second-order valence-corrected chi connectivity index (χ2v) is 5.85. The number of benzene rings is 2. The maximum absolute atomic E-state index is 12.4. The van der Waals surface area contributed by atoms with Crippen LogP contribution in [0.5, 0.6) is 0 Å². The van der Waals surface area contributed by atoms with Crippen molar-refractivity contribution < 1.29 is 9.21 Å². The number of rotatable bonds is 2. The Morgan fingerprint density at radius 3 is 2.48 bits per heavy atom. The first-order valence-electron chi connectivity index (χ1n) is 6.75. The molecule has 0 aliphatic heterocycles. The van der Waals surface area contributed by atoms with Crippen molar-refractivity contribution in [3.63, 3.8) is 0 Å². The smallest absolute Gasteiger partial charge is 0.349 e. The van der Waals surface area contributed by atoms with Gasteiger partial charge in [0.1, 0.15) is 11.1 Å². The number of carbonyl (C=O) groups excluding carboxylic acids is 1. The van der Waals surface area contributed by atoms with Gasteiger partial charge in [0, 0.05) is 5.39 Å². The van der Waals surface area contributed by atoms with E-state index in [-0.39, 0.29) is 21.3 Å². The average Bonchev–Trinajstić information content (AvgIpc) is 2.50. The summed E-state index contributed by atoms with van der Waals surface area (Å²) in [5.41, 5.74) is 0.838. The molecule has 0 radical (unpaired) electrons. The van der Waals surface area contributed by atoms with Crippen LogP contribution >= 0.6 is 23.2 Å². The van der Waals surface area contributed by atoms with Crippen LogP contribution in [0.4, 0.5) is 5.69 Å². The molecule has 6 heteroatoms. The van der Waals surface area contributed by atoms with E-state index in [2.05, 4.69) is 5.32 Å². The highest BCUT2D eigenvalue weighted by atomic mass is 35.5. The highest BCUT2D eigenvalue weighted by molar-refractivity contribution is 6.40. The van der Waals surface area contributed by atoms with Gasteiger partial charge in [0.25, 0.3) is 5.91 Å². The molecule has 0 bridgehead atoms. The molecule has 0 aliphatic carbocycles. The summed E-state index contributed by atoms with van der Waals surface area (Å²) in [7, 11) is 0. The van der Waals surface area contributed by atoms with Crippen LogP contribution < -0.4 is 10.9 Å². The molecule has 3 aromatic rings. The van der Waals surface area contributed by atoms with Crippen LogP contribution in [0.3, 0.4) is 0 Å². The number of anilines is 1. The number of para-hydroxylation sites is 1. The lowest BCUT2D eigenvalue weighted by Crippen LogP contribution is -2.21. The molecule has 0 fully saturated rings. The van der Waals surface area contributed by atoms with Gasteiger partial charge in [-0.15, -0.1) is 0 Å². The van der Waals surface area contributed by atoms with Crippen molar-refractivity contribution in [2.24, 2.45) is 0 Å². The van der Waals surface area contributed by atoms with Crippen LogP contribution in [-0.4, -0.2) is 5.91 Å². The first-order chi connectivity index (χ1) is 11.0. The van der Waals surface area contributed by atoms with E-state index in [1.165, 1.54) is 6.07 Å². The number of fused-ring (bicyclic) bond motifs is 1. The standard InChI is InChI=1S/C17H11Cl2NO3/c1-9-5-6-14-10(7-9)8-11(17(22)23-14)16(21)20-15-12(18)3-2-4-13(15)19/h2-8H,1H3,(H,20,21). The molecule has 1 aromatic heterocycles. The number of amides is 1. The van der Waals surface area contributed by atoms with Gasteiger partial charge in [-0.25, -0.2) is 4.79 Å². The zero-order valence-corrected chi connectivity index (χ0v) is 13.5. The minimum atomic E-state index is -0.720. The van der Waals surface area contributed by atoms with E-state index < -0.39 is 11.5 Å². The lowest BCUT2D eigenvalue weighted by Gasteiger charge is -2.09. The van der Waals surface area contributed by atoms with Gasteiger partial charge >= 0.3 is 5.63 Å². The predicted molar refractivity (Wildman–Crippen MR) is 91.6 cm³/mol. The second-order valence-electron chi connectivity index (χ2n) is 5.04. The molecule has 116 valence electrons. The monoisotopic (exact) mass is 347 g/mol. The second kappa shape index (κ2) is 6.07. The maximum Gasteiger partial charge on any atom is 0.349 e. The van der Waals surface area contributed by atoms with Crippen LogP contribution in [0.1, 0.15) is 15.9 Å². The number of halogens is 2. The number of carbonyl (C=O) groups is 1. The zero-order valence-electron chi connectivity index (χ0n) is 12.0. The third kappa shape index (κ3) is 3.09. The van der Waals surface area contributed by atoms with Crippen molar-refractivity contribution >= 4 is 45.8 Å². The Bertz CT molecular complexity index is 959. The summed E-state index contributed by atoms with van der Waals surface area (Å²) in [4.78, 5) is 24.4. The molecule has 23 heavy (non-hydrogen) atoms. The van der Waals surface area contributed by atoms with E-state index in [1.807, 2.05) is 19.1 Å². The van der Waals surface area contributed by atoms with Gasteiger partial charge in [-0.3, -0.25) is 4.79 Å². The molecular weight excluding hydrogens is 337 g/mol. The molecular formula is C17H11Cl2NO3. The number of nitrogens with one attached hydrogen (secondary N) is 1. The number of aryl methyl sites for hydroxylation is 1. The van der Waals surface area contributed by atoms with Crippen molar-refractivity contribution in [1.82, 2.24) is 0 Å². The third-order valence-electron chi connectivity index (χ3n) is 3.33. The highest BCUT2D eigenvalue weighted by Crippen LogP contribution is 2.30. The summed E-state index contributed by atoms with van der Waals surface area (Å²) in [5, 5.41) is 3.79. The lowest BCUT2D eigenvalue weighted by atomic mass is 10.1. The van der Waals surface area contributed by atoms with Crippen molar-refractivity contribution in [3.05, 3.63) is 74.1 Å². The Kier molecular flexibility index (Phi) is 4.11. The van der Waals surface area contributed by atoms with Gasteiger partial charge < -0.3 is 9.73 Å². The van der Waals surface area contributed by atoms with Crippen molar-refractivity contribution in [3.8, 4) is 0 Å². The minimum absolute atomic E-state index is 0.112. The summed E-state index contributed by atoms with van der Waals surface area (Å²) in [6.45, 7) is 1.91. The fraction of sp³-hybridized carbons (Fsp3) is 0.0588. The highest BCUT2D eigenvalue weighted by Gasteiger charge is 2.16. The van der Waals surface area contributed by atoms with Gasteiger partial charge in [0.05, 0.1) is 15.7 Å². The first kappa shape index (κ1) is 15.6. The van der Waals surface area contributed by atoms with Crippen LogP contribution in [-0.2, 0) is 0 Å². The lowest BCUT2D eigenvalue weighted by molar-refractivity contribution is 0.102. The van der Waals surface area contributed by atoms with E-state index in [9.17, 15) is 9.59 Å². The normalized spacial score (nSPS) is 10.7. The third-order valence-corrected chi connectivity index (χ3v) is 3.96. The van der Waals surface area contributed by atoms with E-state index in [0.717, 1.165) is 5.56 Å². The topological polar surface area (TPSA) is 59.3 Å². The molecule has 4 nitrogen and oxygen atoms in total. The fourth-order valence-electron chi connectivity index (χ4n) is 2.20. The Balaban J connectivity index is 2.04. The summed E-state index contributed by atoms with van der Waals surface area (Å²) >= 11 is 12.0. The molecule has 1 amide bonds. The maximum atomic E-state index is 12.4. The molecule has 0 atom stereocenters. The van der Waals surface area contributed by atoms with E-state index in [0.29, 0.717) is 11.0 Å². The molecule has 0 aliphatic rings. The molecule has 1 heterocycles. The summed E-state index contributed by atoms with van der Waals surface area (Å²) in [6.07, 6.45) is 0. The van der Waals surface area contributed by atoms with Crippen LogP contribution in [0, 0.1) is 6.92 Å². The van der Waals surface area contributed by atoms with Crippen molar-refractivity contribution in [1.29, 1.82) is 0 Å².